The molecular formula is C37H38ClF4N3O6. The first-order valence-corrected chi connectivity index (χ1v) is 17.4. The van der Waals surface area contributed by atoms with Crippen LogP contribution in [0, 0.1) is 0 Å². The first-order chi connectivity index (χ1) is 24.4. The lowest BCUT2D eigenvalue weighted by Crippen LogP contribution is -2.57. The van der Waals surface area contributed by atoms with Gasteiger partial charge >= 0.3 is 5.92 Å². The number of nitrogens with zero attached hydrogens (tertiary/aromatic N) is 2. The highest BCUT2D eigenvalue weighted by atomic mass is 35.5. The number of rotatable bonds is 16. The highest BCUT2D eigenvalue weighted by molar-refractivity contribution is 6.17. The summed E-state index contributed by atoms with van der Waals surface area (Å²) in [6.07, 6.45) is 4.09. The van der Waals surface area contributed by atoms with Crippen molar-refractivity contribution in [1.29, 1.82) is 0 Å². The molecule has 2 saturated heterocycles. The topological polar surface area (TPSA) is 107 Å². The zero-order chi connectivity index (χ0) is 36.2. The molecule has 1 aliphatic carbocycles. The molecule has 1 N–H and O–H groups in total. The smallest absolute Gasteiger partial charge is 0.361 e. The predicted octanol–water partition coefficient (Wildman–Crippen LogP) is 5.01. The van der Waals surface area contributed by atoms with Crippen molar-refractivity contribution in [2.45, 2.75) is 37.5 Å². The van der Waals surface area contributed by atoms with Gasteiger partial charge in [0.25, 0.3) is 11.8 Å². The number of unbranched alkanes of at least 4 members (excludes halogenated alkanes) is 3. The van der Waals surface area contributed by atoms with Crippen LogP contribution < -0.4 is 25.3 Å². The van der Waals surface area contributed by atoms with Crippen molar-refractivity contribution in [1.82, 2.24) is 9.89 Å². The molecule has 3 heterocycles. The molecule has 0 radical (unpaired) electrons. The summed E-state index contributed by atoms with van der Waals surface area (Å²) >= 11 is 5.68. The fourth-order valence-corrected chi connectivity index (χ4v) is 6.51. The van der Waals surface area contributed by atoms with Crippen molar-refractivity contribution in [3.8, 4) is 22.5 Å². The first-order valence-electron chi connectivity index (χ1n) is 16.9. The molecule has 0 bridgehead atoms. The van der Waals surface area contributed by atoms with Crippen LogP contribution in [0.5, 0.6) is 0 Å². The van der Waals surface area contributed by atoms with Gasteiger partial charge < -0.3 is 34.0 Å². The van der Waals surface area contributed by atoms with Gasteiger partial charge in [0.2, 0.25) is 18.4 Å². The fourth-order valence-electron chi connectivity index (χ4n) is 6.32. The lowest BCUT2D eigenvalue weighted by atomic mass is 9.89. The number of halogens is 5. The van der Waals surface area contributed by atoms with E-state index in [0.717, 1.165) is 25.7 Å². The molecule has 6 rings (SSSR count). The molecule has 1 amide bonds. The highest BCUT2D eigenvalue weighted by Gasteiger charge is 2.50. The molecule has 2 aromatic rings. The van der Waals surface area contributed by atoms with Crippen molar-refractivity contribution < 1.29 is 46.1 Å². The number of alkyl halides is 5. The van der Waals surface area contributed by atoms with Gasteiger partial charge in [-0.25, -0.2) is 13.4 Å². The van der Waals surface area contributed by atoms with Gasteiger partial charge in [0.05, 0.1) is 44.9 Å². The Morgan fingerprint density at radius 2 is 1.61 bits per heavy atom. The van der Waals surface area contributed by atoms with Crippen LogP contribution in [0.4, 0.5) is 23.2 Å². The summed E-state index contributed by atoms with van der Waals surface area (Å²) in [5, 5.41) is 16.1. The van der Waals surface area contributed by atoms with Crippen molar-refractivity contribution in [2.75, 3.05) is 69.9 Å². The number of carbonyl (C=O) groups is 2. The van der Waals surface area contributed by atoms with Crippen molar-refractivity contribution in [3.05, 3.63) is 71.1 Å². The molecule has 0 aromatic heterocycles. The summed E-state index contributed by atoms with van der Waals surface area (Å²) in [5.41, 5.74) is 1.71. The quantitative estimate of drug-likeness (QED) is 0.0568. The maximum absolute atomic E-state index is 13.7. The molecule has 2 fully saturated rings. The minimum atomic E-state index is -2.82. The summed E-state index contributed by atoms with van der Waals surface area (Å²) in [5.74, 6) is -6.66. The largest absolute Gasteiger partial charge is 0.545 e. The number of carboxylic acids is 1. The summed E-state index contributed by atoms with van der Waals surface area (Å²) < 4.78 is 73.6. The van der Waals surface area contributed by atoms with E-state index in [0.29, 0.717) is 53.3 Å². The van der Waals surface area contributed by atoms with Gasteiger partial charge in [-0.2, -0.15) is 8.78 Å². The molecule has 0 atom stereocenters. The predicted molar refractivity (Wildman–Crippen MR) is 183 cm³/mol. The molecule has 51 heavy (non-hydrogen) atoms. The maximum Gasteiger partial charge on any atom is 0.361 e. The van der Waals surface area contributed by atoms with Gasteiger partial charge in [0.15, 0.2) is 0 Å². The third kappa shape index (κ3) is 8.65. The second-order valence-corrected chi connectivity index (χ2v) is 13.3. The number of carboxylic acid groups (broad SMARTS) is 1. The van der Waals surface area contributed by atoms with E-state index < -0.39 is 49.9 Å². The maximum atomic E-state index is 13.7. The number of aromatic carboxylic acids is 1. The monoisotopic (exact) mass is 731 g/mol. The second-order valence-electron chi connectivity index (χ2n) is 12.9. The van der Waals surface area contributed by atoms with E-state index in [9.17, 15) is 32.3 Å². The van der Waals surface area contributed by atoms with E-state index in [1.807, 2.05) is 0 Å². The number of amides is 1. The van der Waals surface area contributed by atoms with Gasteiger partial charge in [-0.15, -0.1) is 11.6 Å². The van der Waals surface area contributed by atoms with Gasteiger partial charge in [0, 0.05) is 64.5 Å². The van der Waals surface area contributed by atoms with Gasteiger partial charge in [-0.3, -0.25) is 4.79 Å². The van der Waals surface area contributed by atoms with E-state index in [-0.39, 0.29) is 41.2 Å². The number of anilines is 1. The Balaban J connectivity index is 1.25. The van der Waals surface area contributed by atoms with Gasteiger partial charge in [-0.1, -0.05) is 18.9 Å². The molecule has 0 unspecified atom stereocenters. The minimum absolute atomic E-state index is 0.163. The number of carbonyl (C=O) groups excluding carboxylic acids is 2. The van der Waals surface area contributed by atoms with E-state index in [1.165, 1.54) is 27.7 Å². The van der Waals surface area contributed by atoms with Crippen LogP contribution in [0.2, 0.25) is 0 Å². The second kappa shape index (κ2) is 15.6. The number of benzene rings is 3. The van der Waals surface area contributed by atoms with Crippen LogP contribution in [0.3, 0.4) is 0 Å². The van der Waals surface area contributed by atoms with E-state index in [1.54, 1.807) is 36.4 Å². The van der Waals surface area contributed by atoms with Crippen LogP contribution in [-0.4, -0.2) is 88.8 Å². The fraction of sp³-hybridized carbons (Fsp3) is 0.432. The Kier molecular flexibility index (Phi) is 11.2. The molecular weight excluding hydrogens is 694 g/mol. The zero-order valence-electron chi connectivity index (χ0n) is 27.8. The number of hydrogen-bond donors (Lipinski definition) is 1. The lowest BCUT2D eigenvalue weighted by molar-refractivity contribution is -0.254. The summed E-state index contributed by atoms with van der Waals surface area (Å²) in [7, 11) is 0. The average Bonchev–Trinajstić information content (AvgIpc) is 3.08. The van der Waals surface area contributed by atoms with Gasteiger partial charge in [-0.05, 0) is 48.7 Å². The summed E-state index contributed by atoms with van der Waals surface area (Å²) in [6.45, 7) is 0.0112. The Labute approximate surface area is 296 Å². The summed E-state index contributed by atoms with van der Waals surface area (Å²) in [6, 6.07) is 13.9. The van der Waals surface area contributed by atoms with Gasteiger partial charge in [0.1, 0.15) is 11.3 Å². The van der Waals surface area contributed by atoms with Crippen molar-refractivity contribution in [2.24, 2.45) is 0 Å². The Morgan fingerprint density at radius 1 is 0.863 bits per heavy atom. The number of hydrogen-bond acceptors (Lipinski definition) is 7. The average molecular weight is 732 g/mol. The minimum Gasteiger partial charge on any atom is -0.545 e. The van der Waals surface area contributed by atoms with Crippen LogP contribution in [-0.2, 0) is 9.47 Å². The van der Waals surface area contributed by atoms with E-state index >= 15 is 0 Å². The third-order valence-electron chi connectivity index (χ3n) is 8.96. The lowest BCUT2D eigenvalue weighted by Gasteiger charge is -2.40. The zero-order valence-corrected chi connectivity index (χ0v) is 28.6. The molecule has 0 spiro atoms. The summed E-state index contributed by atoms with van der Waals surface area (Å²) in [4.78, 5) is 27.1. The van der Waals surface area contributed by atoms with E-state index in [4.69, 9.17) is 25.5 Å². The van der Waals surface area contributed by atoms with Crippen molar-refractivity contribution >= 4 is 40.1 Å². The normalized spacial score (nSPS) is 16.3. The SMILES string of the molecule is O=C(NCCOCCOCCCCCCCl)c1ccc(C(=O)[O-])c(-c2c3ccc(=[N+]4CC(F)(F)C4)cc-3oc3cc(N4CC(F)(F)C4)ccc23)c1. The molecule has 3 aliphatic heterocycles. The number of nitrogens with one attached hydrogen (secondary N) is 1. The first kappa shape index (κ1) is 36.6. The highest BCUT2D eigenvalue weighted by Crippen LogP contribution is 2.43. The third-order valence-corrected chi connectivity index (χ3v) is 9.22. The van der Waals surface area contributed by atoms with E-state index in [2.05, 4.69) is 5.32 Å². The Hall–Kier alpha value is -4.20. The molecule has 4 aliphatic rings. The van der Waals surface area contributed by atoms with Crippen molar-refractivity contribution in [3.63, 3.8) is 0 Å². The Bertz CT molecular complexity index is 1930. The van der Waals surface area contributed by atoms with Crippen LogP contribution >= 0.6 is 11.6 Å². The number of fused-ring (bicyclic) bond motifs is 2. The molecule has 2 aromatic carbocycles. The number of ether oxygens (including phenoxy) is 2. The molecule has 14 heteroatoms. The Morgan fingerprint density at radius 3 is 2.31 bits per heavy atom. The van der Waals surface area contributed by atoms with Crippen LogP contribution in [0.25, 0.3) is 33.4 Å². The van der Waals surface area contributed by atoms with Crippen LogP contribution in [0.15, 0.2) is 59.0 Å². The molecule has 0 saturated carbocycles. The van der Waals surface area contributed by atoms with Crippen LogP contribution in [0.1, 0.15) is 46.4 Å². The molecule has 9 nitrogen and oxygen atoms in total. The molecule has 272 valence electrons. The standard InChI is InChI=1S/C37H38ClF4N3O6/c38-11-3-1-2-4-13-49-15-16-50-14-12-43-34(46)24-5-8-27(35(47)48)30(17-24)33-28-9-6-25(44-20-36(39,40)21-44)18-31(28)51-32-19-26(7-10-29(32)33)45-22-37(41,42)23-45/h5-10,17-19H,1-4,11-16,20-23H2,(H-,43,46,47,48).